The first-order valence-corrected chi connectivity index (χ1v) is 10.5. The molecule has 2 aliphatic rings. The van der Waals surface area contributed by atoms with Crippen LogP contribution in [0.15, 0.2) is 53.3 Å². The van der Waals surface area contributed by atoms with Crippen molar-refractivity contribution in [3.05, 3.63) is 75.7 Å². The van der Waals surface area contributed by atoms with Crippen LogP contribution in [0.2, 0.25) is 0 Å². The Morgan fingerprint density at radius 3 is 2.66 bits per heavy atom. The molecule has 5 heteroatoms. The van der Waals surface area contributed by atoms with Crippen LogP contribution in [0.5, 0.6) is 0 Å². The van der Waals surface area contributed by atoms with Crippen LogP contribution in [0, 0.1) is 0 Å². The number of rotatable bonds is 4. The Labute approximate surface area is 169 Å². The number of hydrogen-bond acceptors (Lipinski definition) is 4. The summed E-state index contributed by atoms with van der Waals surface area (Å²) >= 11 is 0. The summed E-state index contributed by atoms with van der Waals surface area (Å²) in [6.45, 7) is 2.69. The lowest BCUT2D eigenvalue weighted by Gasteiger charge is -2.40. The van der Waals surface area contributed by atoms with Crippen molar-refractivity contribution in [3.8, 4) is 0 Å². The van der Waals surface area contributed by atoms with Gasteiger partial charge in [-0.25, -0.2) is 4.98 Å². The van der Waals surface area contributed by atoms with Crippen molar-refractivity contribution in [2.45, 2.75) is 37.5 Å². The smallest absolute Gasteiger partial charge is 0.278 e. The number of carbonyl (C=O) groups is 1. The van der Waals surface area contributed by atoms with Crippen LogP contribution in [-0.4, -0.2) is 40.3 Å². The van der Waals surface area contributed by atoms with Gasteiger partial charge in [0.25, 0.3) is 5.56 Å². The Balaban J connectivity index is 1.23. The predicted octanol–water partition coefficient (Wildman–Crippen LogP) is 3.48. The van der Waals surface area contributed by atoms with Gasteiger partial charge in [0.1, 0.15) is 0 Å². The van der Waals surface area contributed by atoms with E-state index in [0.717, 1.165) is 25.9 Å². The number of carbonyl (C=O) groups excluding carboxylic acids is 1. The van der Waals surface area contributed by atoms with Gasteiger partial charge in [-0.05, 0) is 67.4 Å². The third-order valence-corrected chi connectivity index (χ3v) is 6.79. The quantitative estimate of drug-likeness (QED) is 0.696. The van der Waals surface area contributed by atoms with Gasteiger partial charge in [0.05, 0.1) is 11.0 Å². The van der Waals surface area contributed by atoms with Gasteiger partial charge in [-0.3, -0.25) is 9.59 Å². The van der Waals surface area contributed by atoms with Crippen LogP contribution < -0.4 is 5.56 Å². The fourth-order valence-electron chi connectivity index (χ4n) is 5.08. The van der Waals surface area contributed by atoms with Crippen molar-refractivity contribution < 1.29 is 4.79 Å². The maximum Gasteiger partial charge on any atom is 0.278 e. The van der Waals surface area contributed by atoms with E-state index in [1.807, 2.05) is 18.2 Å². The zero-order chi connectivity index (χ0) is 19.8. The number of ketones is 1. The summed E-state index contributed by atoms with van der Waals surface area (Å²) in [5.74, 6) is -0.177. The molecule has 1 N–H and O–H groups in total. The molecule has 0 bridgehead atoms. The second kappa shape index (κ2) is 7.23. The Morgan fingerprint density at radius 1 is 1.03 bits per heavy atom. The first-order chi connectivity index (χ1) is 14.1. The van der Waals surface area contributed by atoms with Crippen molar-refractivity contribution in [2.75, 3.05) is 19.6 Å². The van der Waals surface area contributed by atoms with E-state index in [1.165, 1.54) is 18.4 Å². The lowest BCUT2D eigenvalue weighted by atomic mass is 9.74. The molecule has 148 valence electrons. The number of aryl methyl sites for hydroxylation is 1. The van der Waals surface area contributed by atoms with Crippen molar-refractivity contribution in [3.63, 3.8) is 0 Å². The second-order valence-corrected chi connectivity index (χ2v) is 8.38. The normalized spacial score (nSPS) is 18.2. The first-order valence-electron chi connectivity index (χ1n) is 10.5. The van der Waals surface area contributed by atoms with E-state index in [2.05, 4.69) is 39.1 Å². The van der Waals surface area contributed by atoms with E-state index in [9.17, 15) is 9.59 Å². The van der Waals surface area contributed by atoms with Crippen molar-refractivity contribution in [1.29, 1.82) is 0 Å². The fourth-order valence-corrected chi connectivity index (χ4v) is 5.08. The number of hydrogen-bond donors (Lipinski definition) is 1. The molecule has 2 aromatic carbocycles. The first kappa shape index (κ1) is 18.3. The third-order valence-electron chi connectivity index (χ3n) is 6.79. The molecular weight excluding hydrogens is 362 g/mol. The molecule has 3 aromatic rings. The number of H-pyrrole nitrogens is 1. The van der Waals surface area contributed by atoms with Gasteiger partial charge in [0, 0.05) is 13.0 Å². The third kappa shape index (κ3) is 3.29. The molecule has 0 radical (unpaired) electrons. The minimum absolute atomic E-state index is 0.0295. The molecule has 2 heterocycles. The van der Waals surface area contributed by atoms with Crippen molar-refractivity contribution in [2.24, 2.45) is 0 Å². The molecule has 1 saturated heterocycles. The fraction of sp³-hybridized carbons (Fsp3) is 0.375. The number of likely N-dealkylation sites (tertiary alicyclic amines) is 1. The van der Waals surface area contributed by atoms with Gasteiger partial charge in [0.2, 0.25) is 0 Å². The van der Waals surface area contributed by atoms with Gasteiger partial charge in [0.15, 0.2) is 11.5 Å². The van der Waals surface area contributed by atoms with Crippen LogP contribution in [0.25, 0.3) is 11.0 Å². The molecule has 1 spiro atoms. The summed E-state index contributed by atoms with van der Waals surface area (Å²) in [6, 6.07) is 16.2. The number of nitrogens with zero attached hydrogens (tertiary/aromatic N) is 2. The Morgan fingerprint density at radius 2 is 1.79 bits per heavy atom. The van der Waals surface area contributed by atoms with E-state index in [0.29, 0.717) is 29.4 Å². The molecule has 29 heavy (non-hydrogen) atoms. The van der Waals surface area contributed by atoms with Gasteiger partial charge in [-0.15, -0.1) is 0 Å². The zero-order valence-electron chi connectivity index (χ0n) is 16.5. The van der Waals surface area contributed by atoms with Gasteiger partial charge in [-0.1, -0.05) is 36.4 Å². The van der Waals surface area contributed by atoms with Crippen LogP contribution >= 0.6 is 0 Å². The Bertz CT molecular complexity index is 1130. The Hall–Kier alpha value is -2.79. The largest absolute Gasteiger partial charge is 0.319 e. The van der Waals surface area contributed by atoms with Crippen LogP contribution in [0.3, 0.4) is 0 Å². The van der Waals surface area contributed by atoms with E-state index in [1.54, 1.807) is 11.6 Å². The van der Waals surface area contributed by atoms with Gasteiger partial charge >= 0.3 is 0 Å². The predicted molar refractivity (Wildman–Crippen MR) is 113 cm³/mol. The highest BCUT2D eigenvalue weighted by molar-refractivity contribution is 5.95. The monoisotopic (exact) mass is 387 g/mol. The van der Waals surface area contributed by atoms with Crippen molar-refractivity contribution in [1.82, 2.24) is 14.9 Å². The lowest BCUT2D eigenvalue weighted by molar-refractivity contribution is 0.0937. The van der Waals surface area contributed by atoms with E-state index < -0.39 is 5.56 Å². The minimum Gasteiger partial charge on any atom is -0.319 e. The number of para-hydroxylation sites is 2. The summed E-state index contributed by atoms with van der Waals surface area (Å²) in [5.41, 5.74) is 4.33. The summed E-state index contributed by atoms with van der Waals surface area (Å²) in [4.78, 5) is 34.4. The average molecular weight is 387 g/mol. The number of aromatic amines is 1. The highest BCUT2D eigenvalue weighted by atomic mass is 16.1. The number of benzene rings is 2. The minimum atomic E-state index is -0.395. The van der Waals surface area contributed by atoms with E-state index in [4.69, 9.17) is 0 Å². The van der Waals surface area contributed by atoms with Crippen LogP contribution in [0.1, 0.15) is 47.3 Å². The maximum absolute atomic E-state index is 12.7. The van der Waals surface area contributed by atoms with Crippen molar-refractivity contribution >= 4 is 16.8 Å². The number of Topliss-reactive ketones (excluding diaryl/α,β-unsaturated/α-hetero) is 1. The molecule has 1 aromatic heterocycles. The van der Waals surface area contributed by atoms with Gasteiger partial charge < -0.3 is 9.88 Å². The number of fused-ring (bicyclic) bond motifs is 3. The maximum atomic E-state index is 12.7. The lowest BCUT2D eigenvalue weighted by Crippen LogP contribution is -2.42. The molecule has 5 nitrogen and oxygen atoms in total. The molecule has 0 atom stereocenters. The molecule has 1 aliphatic heterocycles. The number of piperidine rings is 1. The molecule has 5 rings (SSSR count). The SMILES string of the molecule is O=C(CCN1CCC2(CCc3ccccc32)CC1)c1nc2ccccc2[nH]c1=O. The van der Waals surface area contributed by atoms with Gasteiger partial charge in [-0.2, -0.15) is 0 Å². The standard InChI is InChI=1S/C24H25N3O2/c28-21(22-23(29)26-20-8-4-3-7-19(20)25-22)10-14-27-15-12-24(13-16-27)11-9-17-5-1-2-6-18(17)24/h1-8H,9-16H2,(H,26,29). The number of aromatic nitrogens is 2. The number of nitrogens with one attached hydrogen (secondary N) is 1. The van der Waals surface area contributed by atoms with E-state index >= 15 is 0 Å². The molecule has 0 amide bonds. The zero-order valence-corrected chi connectivity index (χ0v) is 16.5. The highest BCUT2D eigenvalue weighted by Crippen LogP contribution is 2.46. The second-order valence-electron chi connectivity index (χ2n) is 8.38. The molecule has 0 saturated carbocycles. The average Bonchev–Trinajstić information content (AvgIpc) is 3.11. The van der Waals surface area contributed by atoms with Crippen LogP contribution in [0.4, 0.5) is 0 Å². The molecular formula is C24H25N3O2. The summed E-state index contributed by atoms with van der Waals surface area (Å²) < 4.78 is 0. The van der Waals surface area contributed by atoms with E-state index in [-0.39, 0.29) is 11.5 Å². The topological polar surface area (TPSA) is 66.1 Å². The Kier molecular flexibility index (Phi) is 4.55. The van der Waals surface area contributed by atoms with Crippen LogP contribution in [-0.2, 0) is 11.8 Å². The molecule has 1 aliphatic carbocycles. The summed E-state index contributed by atoms with van der Waals surface area (Å²) in [5, 5.41) is 0. The summed E-state index contributed by atoms with van der Waals surface area (Å²) in [7, 11) is 0. The molecule has 1 fully saturated rings. The highest BCUT2D eigenvalue weighted by Gasteiger charge is 2.40. The molecule has 0 unspecified atom stereocenters. The summed E-state index contributed by atoms with van der Waals surface area (Å²) in [6.07, 6.45) is 5.05.